The van der Waals surface area contributed by atoms with Crippen molar-refractivity contribution in [3.63, 3.8) is 0 Å². The van der Waals surface area contributed by atoms with Gasteiger partial charge in [-0.1, -0.05) is 12.1 Å². The van der Waals surface area contributed by atoms with E-state index in [1.807, 2.05) is 32.3 Å². The standard InChI is InChI=1S/C13H17N3O2/c1-3-18-12-6-4-5-10(13(12)17)7-14-11-8-15-16(2)9-11/h4-6,8-9,14,17H,3,7H2,1-2H3. The molecule has 2 N–H and O–H groups in total. The minimum atomic E-state index is 0.191. The van der Waals surface area contributed by atoms with Crippen molar-refractivity contribution in [2.24, 2.45) is 7.05 Å². The molecule has 0 amide bonds. The molecule has 2 aromatic rings. The highest BCUT2D eigenvalue weighted by Crippen LogP contribution is 2.30. The molecule has 0 spiro atoms. The fourth-order valence-electron chi connectivity index (χ4n) is 1.69. The maximum atomic E-state index is 10.0. The van der Waals surface area contributed by atoms with Gasteiger partial charge in [0, 0.05) is 25.4 Å². The Labute approximate surface area is 106 Å². The summed E-state index contributed by atoms with van der Waals surface area (Å²) >= 11 is 0. The summed E-state index contributed by atoms with van der Waals surface area (Å²) in [6.07, 6.45) is 3.62. The fraction of sp³-hybridized carbons (Fsp3) is 0.308. The molecule has 1 aromatic heterocycles. The van der Waals surface area contributed by atoms with Gasteiger partial charge in [-0.05, 0) is 13.0 Å². The van der Waals surface area contributed by atoms with E-state index in [-0.39, 0.29) is 5.75 Å². The smallest absolute Gasteiger partial charge is 0.162 e. The van der Waals surface area contributed by atoms with Crippen molar-refractivity contribution < 1.29 is 9.84 Å². The third-order valence-electron chi connectivity index (χ3n) is 2.57. The molecule has 0 saturated heterocycles. The van der Waals surface area contributed by atoms with Gasteiger partial charge in [-0.25, -0.2) is 0 Å². The molecular formula is C13H17N3O2. The highest BCUT2D eigenvalue weighted by atomic mass is 16.5. The number of aromatic hydroxyl groups is 1. The van der Waals surface area contributed by atoms with Crippen molar-refractivity contribution in [3.05, 3.63) is 36.2 Å². The maximum absolute atomic E-state index is 10.0. The second kappa shape index (κ2) is 5.44. The van der Waals surface area contributed by atoms with E-state index in [4.69, 9.17) is 4.74 Å². The number of aryl methyl sites for hydroxylation is 1. The van der Waals surface area contributed by atoms with E-state index in [0.717, 1.165) is 11.3 Å². The van der Waals surface area contributed by atoms with Crippen molar-refractivity contribution in [3.8, 4) is 11.5 Å². The lowest BCUT2D eigenvalue weighted by atomic mass is 10.2. The maximum Gasteiger partial charge on any atom is 0.162 e. The predicted molar refractivity (Wildman–Crippen MR) is 69.8 cm³/mol. The number of rotatable bonds is 5. The van der Waals surface area contributed by atoms with Crippen molar-refractivity contribution >= 4 is 5.69 Å². The highest BCUT2D eigenvalue weighted by molar-refractivity contribution is 5.48. The van der Waals surface area contributed by atoms with Crippen LogP contribution >= 0.6 is 0 Å². The summed E-state index contributed by atoms with van der Waals surface area (Å²) in [7, 11) is 1.86. The normalized spacial score (nSPS) is 10.3. The zero-order valence-corrected chi connectivity index (χ0v) is 10.6. The van der Waals surface area contributed by atoms with Crippen LogP contribution in [0.4, 0.5) is 5.69 Å². The monoisotopic (exact) mass is 247 g/mol. The molecule has 1 heterocycles. The van der Waals surface area contributed by atoms with Crippen LogP contribution in [-0.4, -0.2) is 21.5 Å². The van der Waals surface area contributed by atoms with Crippen molar-refractivity contribution in [1.82, 2.24) is 9.78 Å². The second-order valence-electron chi connectivity index (χ2n) is 3.95. The third-order valence-corrected chi connectivity index (χ3v) is 2.57. The number of ether oxygens (including phenoxy) is 1. The van der Waals surface area contributed by atoms with E-state index in [2.05, 4.69) is 10.4 Å². The summed E-state index contributed by atoms with van der Waals surface area (Å²) in [5, 5.41) is 17.3. The van der Waals surface area contributed by atoms with Crippen LogP contribution in [0.2, 0.25) is 0 Å². The number of hydrogen-bond acceptors (Lipinski definition) is 4. The molecule has 0 atom stereocenters. The number of para-hydroxylation sites is 1. The van der Waals surface area contributed by atoms with Crippen LogP contribution < -0.4 is 10.1 Å². The first-order valence-electron chi connectivity index (χ1n) is 5.87. The molecular weight excluding hydrogens is 230 g/mol. The van der Waals surface area contributed by atoms with Gasteiger partial charge in [0.05, 0.1) is 18.5 Å². The molecule has 0 bridgehead atoms. The van der Waals surface area contributed by atoms with Crippen LogP contribution in [0.1, 0.15) is 12.5 Å². The second-order valence-corrected chi connectivity index (χ2v) is 3.95. The summed E-state index contributed by atoms with van der Waals surface area (Å²) in [6.45, 7) is 2.95. The molecule has 1 aromatic carbocycles. The minimum absolute atomic E-state index is 0.191. The minimum Gasteiger partial charge on any atom is -0.504 e. The van der Waals surface area contributed by atoms with Crippen LogP contribution in [-0.2, 0) is 13.6 Å². The lowest BCUT2D eigenvalue weighted by molar-refractivity contribution is 0.317. The molecule has 5 heteroatoms. The lowest BCUT2D eigenvalue weighted by Gasteiger charge is -2.10. The quantitative estimate of drug-likeness (QED) is 0.849. The zero-order valence-electron chi connectivity index (χ0n) is 10.6. The Balaban J connectivity index is 2.07. The average molecular weight is 247 g/mol. The molecule has 2 rings (SSSR count). The first kappa shape index (κ1) is 12.3. The molecule has 0 saturated carbocycles. The van der Waals surface area contributed by atoms with Crippen LogP contribution in [0.3, 0.4) is 0 Å². The Morgan fingerprint density at radius 3 is 2.94 bits per heavy atom. The van der Waals surface area contributed by atoms with E-state index >= 15 is 0 Å². The average Bonchev–Trinajstić information content (AvgIpc) is 2.77. The molecule has 96 valence electrons. The number of nitrogens with zero attached hydrogens (tertiary/aromatic N) is 2. The molecule has 0 fully saturated rings. The van der Waals surface area contributed by atoms with Crippen LogP contribution in [0.15, 0.2) is 30.6 Å². The third kappa shape index (κ3) is 2.74. The highest BCUT2D eigenvalue weighted by Gasteiger charge is 2.07. The number of phenolic OH excluding ortho intramolecular Hbond substituents is 1. The first-order chi connectivity index (χ1) is 8.70. The largest absolute Gasteiger partial charge is 0.504 e. The summed E-state index contributed by atoms with van der Waals surface area (Å²) in [5.74, 6) is 0.707. The van der Waals surface area contributed by atoms with Crippen LogP contribution in [0.5, 0.6) is 11.5 Å². The van der Waals surface area contributed by atoms with E-state index in [1.54, 1.807) is 16.9 Å². The van der Waals surface area contributed by atoms with Gasteiger partial charge in [-0.15, -0.1) is 0 Å². The summed E-state index contributed by atoms with van der Waals surface area (Å²) in [4.78, 5) is 0. The van der Waals surface area contributed by atoms with E-state index in [9.17, 15) is 5.11 Å². The van der Waals surface area contributed by atoms with Gasteiger partial charge in [0.1, 0.15) is 0 Å². The van der Waals surface area contributed by atoms with Gasteiger partial charge in [0.25, 0.3) is 0 Å². The molecule has 0 unspecified atom stereocenters. The van der Waals surface area contributed by atoms with Gasteiger partial charge in [0.2, 0.25) is 0 Å². The summed E-state index contributed by atoms with van der Waals surface area (Å²) < 4.78 is 7.06. The number of nitrogens with one attached hydrogen (secondary N) is 1. The molecule has 0 aliphatic heterocycles. The van der Waals surface area contributed by atoms with E-state index in [1.165, 1.54) is 0 Å². The van der Waals surface area contributed by atoms with Gasteiger partial charge in [0.15, 0.2) is 11.5 Å². The molecule has 18 heavy (non-hydrogen) atoms. The van der Waals surface area contributed by atoms with Gasteiger partial charge in [-0.2, -0.15) is 5.10 Å². The summed E-state index contributed by atoms with van der Waals surface area (Å²) in [6, 6.07) is 5.48. The van der Waals surface area contributed by atoms with E-state index in [0.29, 0.717) is 18.9 Å². The number of hydrogen-bond donors (Lipinski definition) is 2. The number of aromatic nitrogens is 2. The van der Waals surface area contributed by atoms with Gasteiger partial charge < -0.3 is 15.2 Å². The number of benzene rings is 1. The van der Waals surface area contributed by atoms with Crippen LogP contribution in [0, 0.1) is 0 Å². The Morgan fingerprint density at radius 2 is 2.28 bits per heavy atom. The molecule has 0 aliphatic carbocycles. The SMILES string of the molecule is CCOc1cccc(CNc2cnn(C)c2)c1O. The van der Waals surface area contributed by atoms with Gasteiger partial charge >= 0.3 is 0 Å². The van der Waals surface area contributed by atoms with Crippen molar-refractivity contribution in [1.29, 1.82) is 0 Å². The van der Waals surface area contributed by atoms with Gasteiger partial charge in [-0.3, -0.25) is 4.68 Å². The van der Waals surface area contributed by atoms with E-state index < -0.39 is 0 Å². The lowest BCUT2D eigenvalue weighted by Crippen LogP contribution is -2.00. The fourth-order valence-corrected chi connectivity index (χ4v) is 1.69. The summed E-state index contributed by atoms with van der Waals surface area (Å²) in [5.41, 5.74) is 1.71. The topological polar surface area (TPSA) is 59.3 Å². The Morgan fingerprint density at radius 1 is 1.44 bits per heavy atom. The van der Waals surface area contributed by atoms with Crippen molar-refractivity contribution in [2.45, 2.75) is 13.5 Å². The zero-order chi connectivity index (χ0) is 13.0. The van der Waals surface area contributed by atoms with Crippen LogP contribution in [0.25, 0.3) is 0 Å². The first-order valence-corrected chi connectivity index (χ1v) is 5.87. The Hall–Kier alpha value is -2.17. The Bertz CT molecular complexity index is 523. The predicted octanol–water partition coefficient (Wildman–Crippen LogP) is 2.14. The Kier molecular flexibility index (Phi) is 3.72. The molecule has 0 radical (unpaired) electrons. The molecule has 0 aliphatic rings. The molecule has 5 nitrogen and oxygen atoms in total. The van der Waals surface area contributed by atoms with Crippen molar-refractivity contribution in [2.75, 3.05) is 11.9 Å². The number of anilines is 1. The number of phenols is 1.